The van der Waals surface area contributed by atoms with Gasteiger partial charge in [0.2, 0.25) is 0 Å². The predicted molar refractivity (Wildman–Crippen MR) is 196 cm³/mol. The minimum atomic E-state index is 0. The summed E-state index contributed by atoms with van der Waals surface area (Å²) in [7, 11) is 0. The smallest absolute Gasteiger partial charge is 1.00 e. The standard InChI is InChI=1S/4C11H11.2ClH.2Zr/c4*1-2-9-7-10-5-3-4-6-11(10)8-9;;;;/h4*3-8H,2H2,1H3;2*1H;;/q4*-1;;;2*+2/p-2. The van der Waals surface area contributed by atoms with Crippen LogP contribution < -0.4 is 24.8 Å². The number of fused-ring (bicyclic) bond motifs is 4. The van der Waals surface area contributed by atoms with E-state index in [1.807, 2.05) is 0 Å². The Morgan fingerprint density at radius 2 is 0.521 bits per heavy atom. The first-order valence-electron chi connectivity index (χ1n) is 16.2. The van der Waals surface area contributed by atoms with Gasteiger partial charge in [0.05, 0.1) is 0 Å². The van der Waals surface area contributed by atoms with E-state index >= 15 is 0 Å². The molecular weight excluding hydrogens is 782 g/mol. The Morgan fingerprint density at radius 1 is 0.333 bits per heavy atom. The van der Waals surface area contributed by atoms with Gasteiger partial charge < -0.3 is 24.8 Å². The fourth-order valence-electron chi connectivity index (χ4n) is 5.68. The Morgan fingerprint density at radius 3 is 0.688 bits per heavy atom. The normalized spacial score (nSPS) is 9.75. The molecule has 0 aromatic heterocycles. The van der Waals surface area contributed by atoms with Crippen LogP contribution in [0.5, 0.6) is 0 Å². The van der Waals surface area contributed by atoms with E-state index in [1.165, 1.54) is 65.3 Å². The minimum absolute atomic E-state index is 0. The van der Waals surface area contributed by atoms with Crippen LogP contribution in [-0.4, -0.2) is 0 Å². The molecule has 0 aliphatic rings. The van der Waals surface area contributed by atoms with Crippen molar-refractivity contribution in [2.24, 2.45) is 0 Å². The van der Waals surface area contributed by atoms with E-state index in [2.05, 4.69) is 173 Å². The summed E-state index contributed by atoms with van der Waals surface area (Å²) in [5, 5.41) is 10.9. The summed E-state index contributed by atoms with van der Waals surface area (Å²) in [5.74, 6) is 0. The van der Waals surface area contributed by atoms with E-state index in [9.17, 15) is 0 Å². The summed E-state index contributed by atoms with van der Waals surface area (Å²) in [5.41, 5.74) is 5.75. The van der Waals surface area contributed by atoms with Gasteiger partial charge in [-0.05, 0) is 25.7 Å². The average molecular weight is 826 g/mol. The van der Waals surface area contributed by atoms with Crippen LogP contribution in [0.25, 0.3) is 43.1 Å². The molecule has 0 heterocycles. The largest absolute Gasteiger partial charge is 2.00 e. The molecule has 244 valence electrons. The third kappa shape index (κ3) is 11.9. The molecule has 8 aromatic carbocycles. The molecule has 0 unspecified atom stereocenters. The molecule has 0 aliphatic carbocycles. The second kappa shape index (κ2) is 22.4. The summed E-state index contributed by atoms with van der Waals surface area (Å²) >= 11 is 0. The molecule has 0 saturated carbocycles. The Bertz CT molecular complexity index is 1610. The van der Waals surface area contributed by atoms with Crippen molar-refractivity contribution in [3.05, 3.63) is 168 Å². The Kier molecular flexibility index (Phi) is 20.4. The zero-order valence-corrected chi connectivity index (χ0v) is 34.9. The van der Waals surface area contributed by atoms with Gasteiger partial charge in [-0.2, -0.15) is 24.3 Å². The molecule has 0 N–H and O–H groups in total. The SMILES string of the molecule is CCc1cc2ccccc2[cH-]1.CCc1cc2ccccc2[cH-]1.CCc1cc2ccccc2[cH-]1.CCc1cc2ccccc2[cH-]1.[Cl-].[Cl-].[Zr+2].[Zr+2]. The first kappa shape index (κ1) is 43.7. The molecule has 4 heteroatoms. The summed E-state index contributed by atoms with van der Waals surface area (Å²) in [6.45, 7) is 8.75. The number of benzene rings is 4. The first-order valence-corrected chi connectivity index (χ1v) is 16.2. The molecule has 0 nitrogen and oxygen atoms in total. The van der Waals surface area contributed by atoms with Gasteiger partial charge in [-0.3, -0.25) is 0 Å². The molecule has 0 fully saturated rings. The number of aryl methyl sites for hydroxylation is 4. The third-order valence-corrected chi connectivity index (χ3v) is 8.34. The minimum Gasteiger partial charge on any atom is -1.00 e. The summed E-state index contributed by atoms with van der Waals surface area (Å²) in [4.78, 5) is 0. The average Bonchev–Trinajstić information content (AvgIpc) is 3.88. The zero-order valence-electron chi connectivity index (χ0n) is 28.4. The maximum absolute atomic E-state index is 2.26. The van der Waals surface area contributed by atoms with Crippen LogP contribution in [0.15, 0.2) is 146 Å². The number of hydrogen-bond acceptors (Lipinski definition) is 0. The molecule has 8 rings (SSSR count). The van der Waals surface area contributed by atoms with Crippen molar-refractivity contribution >= 4 is 43.1 Å². The number of hydrogen-bond donors (Lipinski definition) is 0. The quantitative estimate of drug-likeness (QED) is 0.178. The van der Waals surface area contributed by atoms with Crippen molar-refractivity contribution < 1.29 is 77.2 Å². The van der Waals surface area contributed by atoms with Crippen molar-refractivity contribution in [1.82, 2.24) is 0 Å². The van der Waals surface area contributed by atoms with Crippen molar-refractivity contribution in [3.63, 3.8) is 0 Å². The topological polar surface area (TPSA) is 0 Å². The van der Waals surface area contributed by atoms with Crippen LogP contribution >= 0.6 is 0 Å². The van der Waals surface area contributed by atoms with Gasteiger partial charge in [-0.15, -0.1) is 162 Å². The van der Waals surface area contributed by atoms with Gasteiger partial charge in [0.1, 0.15) is 0 Å². The Hall–Kier alpha value is -2.33. The van der Waals surface area contributed by atoms with Crippen LogP contribution in [0.2, 0.25) is 0 Å². The number of rotatable bonds is 4. The van der Waals surface area contributed by atoms with E-state index in [1.54, 1.807) is 0 Å². The molecule has 0 aliphatic heterocycles. The van der Waals surface area contributed by atoms with Gasteiger partial charge >= 0.3 is 52.4 Å². The van der Waals surface area contributed by atoms with E-state index in [0.717, 1.165) is 25.7 Å². The second-order valence-corrected chi connectivity index (χ2v) is 11.4. The monoisotopic (exact) mass is 822 g/mol. The van der Waals surface area contributed by atoms with E-state index in [0.29, 0.717) is 0 Å². The van der Waals surface area contributed by atoms with Crippen LogP contribution in [-0.2, 0) is 78.1 Å². The van der Waals surface area contributed by atoms with Gasteiger partial charge in [0.15, 0.2) is 0 Å². The van der Waals surface area contributed by atoms with Gasteiger partial charge in [0.25, 0.3) is 0 Å². The molecule has 0 atom stereocenters. The van der Waals surface area contributed by atoms with Crippen molar-refractivity contribution in [2.45, 2.75) is 53.4 Å². The van der Waals surface area contributed by atoms with Gasteiger partial charge in [-0.1, -0.05) is 52.0 Å². The molecule has 48 heavy (non-hydrogen) atoms. The predicted octanol–water partition coefficient (Wildman–Crippen LogP) is 6.49. The van der Waals surface area contributed by atoms with Crippen LogP contribution in [0.4, 0.5) is 0 Å². The second-order valence-electron chi connectivity index (χ2n) is 11.4. The fourth-order valence-corrected chi connectivity index (χ4v) is 5.68. The maximum atomic E-state index is 2.26. The molecule has 0 spiro atoms. The van der Waals surface area contributed by atoms with Crippen LogP contribution in [0.1, 0.15) is 49.9 Å². The third-order valence-electron chi connectivity index (χ3n) is 8.34. The molecule has 0 saturated heterocycles. The van der Waals surface area contributed by atoms with Gasteiger partial charge in [-0.25, -0.2) is 0 Å². The van der Waals surface area contributed by atoms with E-state index in [4.69, 9.17) is 0 Å². The number of halogens is 2. The summed E-state index contributed by atoms with van der Waals surface area (Å²) in [6.07, 6.45) is 4.53. The maximum Gasteiger partial charge on any atom is 2.00 e. The Balaban J connectivity index is 0.000000311. The molecule has 0 radical (unpaired) electrons. The van der Waals surface area contributed by atoms with E-state index < -0.39 is 0 Å². The van der Waals surface area contributed by atoms with Gasteiger partial charge in [0, 0.05) is 0 Å². The van der Waals surface area contributed by atoms with Crippen molar-refractivity contribution in [3.8, 4) is 0 Å². The Labute approximate surface area is 338 Å². The molecule has 0 amide bonds. The van der Waals surface area contributed by atoms with Crippen molar-refractivity contribution in [2.75, 3.05) is 0 Å². The fraction of sp³-hybridized carbons (Fsp3) is 0.182. The summed E-state index contributed by atoms with van der Waals surface area (Å²) in [6, 6.07) is 52.0. The van der Waals surface area contributed by atoms with Crippen LogP contribution in [0.3, 0.4) is 0 Å². The van der Waals surface area contributed by atoms with Crippen molar-refractivity contribution in [1.29, 1.82) is 0 Å². The van der Waals surface area contributed by atoms with E-state index in [-0.39, 0.29) is 77.2 Å². The molecule has 8 aromatic rings. The first-order chi connectivity index (χ1) is 21.6. The summed E-state index contributed by atoms with van der Waals surface area (Å²) < 4.78 is 0. The zero-order chi connectivity index (χ0) is 30.7. The molecule has 0 bridgehead atoms. The molecular formula is C44H44Cl2Zr2-2. The van der Waals surface area contributed by atoms with Crippen LogP contribution in [0, 0.1) is 0 Å².